The highest BCUT2D eigenvalue weighted by Crippen LogP contribution is 2.37. The fraction of sp³-hybridized carbons (Fsp3) is 0.556. The van der Waals surface area contributed by atoms with E-state index >= 15 is 0 Å². The first-order chi connectivity index (χ1) is 6.29. The molecule has 0 radical (unpaired) electrons. The Morgan fingerprint density at radius 1 is 1.54 bits per heavy atom. The van der Waals surface area contributed by atoms with Gasteiger partial charge in [-0.25, -0.2) is 4.79 Å². The second-order valence-electron chi connectivity index (χ2n) is 3.39. The lowest BCUT2D eigenvalue weighted by Gasteiger charge is -2.05. The summed E-state index contributed by atoms with van der Waals surface area (Å²) in [7, 11) is 0. The SMILES string of the molecule is O=C(O)c1cnsc1C1CCCC1. The Balaban J connectivity index is 2.28. The van der Waals surface area contributed by atoms with E-state index in [4.69, 9.17) is 5.11 Å². The molecule has 70 valence electrons. The molecule has 1 aliphatic carbocycles. The molecule has 1 heterocycles. The smallest absolute Gasteiger partial charge is 0.338 e. The van der Waals surface area contributed by atoms with E-state index < -0.39 is 5.97 Å². The fourth-order valence-electron chi connectivity index (χ4n) is 1.89. The second kappa shape index (κ2) is 3.46. The van der Waals surface area contributed by atoms with Gasteiger partial charge in [0.05, 0.1) is 11.8 Å². The zero-order valence-corrected chi connectivity index (χ0v) is 8.01. The van der Waals surface area contributed by atoms with Crippen LogP contribution in [-0.2, 0) is 0 Å². The average molecular weight is 197 g/mol. The predicted octanol–water partition coefficient (Wildman–Crippen LogP) is 2.50. The van der Waals surface area contributed by atoms with Crippen molar-refractivity contribution in [3.8, 4) is 0 Å². The van der Waals surface area contributed by atoms with Gasteiger partial charge in [0.15, 0.2) is 0 Å². The number of nitrogens with zero attached hydrogens (tertiary/aromatic N) is 1. The largest absolute Gasteiger partial charge is 0.478 e. The molecule has 0 atom stereocenters. The molecule has 0 aromatic carbocycles. The molecule has 1 aromatic rings. The van der Waals surface area contributed by atoms with Crippen LogP contribution in [0.4, 0.5) is 0 Å². The van der Waals surface area contributed by atoms with E-state index in [2.05, 4.69) is 4.37 Å². The van der Waals surface area contributed by atoms with Crippen LogP contribution in [0.15, 0.2) is 6.20 Å². The van der Waals surface area contributed by atoms with E-state index in [0.717, 1.165) is 17.7 Å². The van der Waals surface area contributed by atoms with Gasteiger partial charge in [0.25, 0.3) is 0 Å². The Bertz CT molecular complexity index is 315. The van der Waals surface area contributed by atoms with Gasteiger partial charge in [-0.3, -0.25) is 0 Å². The molecule has 0 spiro atoms. The van der Waals surface area contributed by atoms with Gasteiger partial charge in [-0.2, -0.15) is 4.37 Å². The summed E-state index contributed by atoms with van der Waals surface area (Å²) in [5.74, 6) is -0.380. The molecule has 0 unspecified atom stereocenters. The van der Waals surface area contributed by atoms with Gasteiger partial charge in [-0.15, -0.1) is 0 Å². The topological polar surface area (TPSA) is 50.2 Å². The molecular weight excluding hydrogens is 186 g/mol. The first-order valence-electron chi connectivity index (χ1n) is 4.47. The van der Waals surface area contributed by atoms with Gasteiger partial charge in [-0.05, 0) is 30.3 Å². The lowest BCUT2D eigenvalue weighted by atomic mass is 10.0. The van der Waals surface area contributed by atoms with E-state index in [1.807, 2.05) is 0 Å². The standard InChI is InChI=1S/C9H11NO2S/c11-9(12)7-5-10-13-8(7)6-3-1-2-4-6/h5-6H,1-4H2,(H,11,12). The van der Waals surface area contributed by atoms with Crippen LogP contribution in [0.25, 0.3) is 0 Å². The summed E-state index contributed by atoms with van der Waals surface area (Å²) in [5, 5.41) is 8.88. The minimum atomic E-state index is -0.837. The highest BCUT2D eigenvalue weighted by Gasteiger charge is 2.24. The maximum atomic E-state index is 10.8. The molecule has 1 fully saturated rings. The van der Waals surface area contributed by atoms with Crippen LogP contribution >= 0.6 is 11.5 Å². The number of aromatic nitrogens is 1. The summed E-state index contributed by atoms with van der Waals surface area (Å²) in [6.07, 6.45) is 6.18. The molecular formula is C9H11NO2S. The third-order valence-electron chi connectivity index (χ3n) is 2.55. The van der Waals surface area contributed by atoms with E-state index in [0.29, 0.717) is 11.5 Å². The van der Waals surface area contributed by atoms with Crippen LogP contribution in [-0.4, -0.2) is 15.4 Å². The molecule has 1 N–H and O–H groups in total. The summed E-state index contributed by atoms with van der Waals surface area (Å²) >= 11 is 1.34. The maximum absolute atomic E-state index is 10.8. The number of carbonyl (C=O) groups is 1. The average Bonchev–Trinajstić information content (AvgIpc) is 2.74. The van der Waals surface area contributed by atoms with Gasteiger partial charge in [-0.1, -0.05) is 12.8 Å². The third kappa shape index (κ3) is 1.58. The van der Waals surface area contributed by atoms with Gasteiger partial charge in [0.2, 0.25) is 0 Å². The third-order valence-corrected chi connectivity index (χ3v) is 3.52. The molecule has 0 bridgehead atoms. The summed E-state index contributed by atoms with van der Waals surface area (Å²) in [4.78, 5) is 11.8. The van der Waals surface area contributed by atoms with Crippen molar-refractivity contribution in [2.45, 2.75) is 31.6 Å². The molecule has 1 aromatic heterocycles. The molecule has 4 heteroatoms. The van der Waals surface area contributed by atoms with Crippen molar-refractivity contribution in [1.29, 1.82) is 0 Å². The molecule has 0 amide bonds. The van der Waals surface area contributed by atoms with Gasteiger partial charge in [0, 0.05) is 4.88 Å². The van der Waals surface area contributed by atoms with Gasteiger partial charge >= 0.3 is 5.97 Å². The fourth-order valence-corrected chi connectivity index (χ4v) is 2.79. The van der Waals surface area contributed by atoms with Crippen LogP contribution in [0.2, 0.25) is 0 Å². The quantitative estimate of drug-likeness (QED) is 0.792. The molecule has 2 rings (SSSR count). The van der Waals surface area contributed by atoms with Crippen molar-refractivity contribution in [3.63, 3.8) is 0 Å². The van der Waals surface area contributed by atoms with Gasteiger partial charge < -0.3 is 5.11 Å². The number of hydrogen-bond acceptors (Lipinski definition) is 3. The second-order valence-corrected chi connectivity index (χ2v) is 4.22. The molecule has 1 aliphatic rings. The molecule has 13 heavy (non-hydrogen) atoms. The summed E-state index contributed by atoms with van der Waals surface area (Å²) in [6.45, 7) is 0. The lowest BCUT2D eigenvalue weighted by Crippen LogP contribution is -2.00. The van der Waals surface area contributed by atoms with Gasteiger partial charge in [0.1, 0.15) is 0 Å². The first kappa shape index (κ1) is 8.69. The maximum Gasteiger partial charge on any atom is 0.338 e. The monoisotopic (exact) mass is 197 g/mol. The van der Waals surface area contributed by atoms with Crippen molar-refractivity contribution < 1.29 is 9.90 Å². The zero-order valence-electron chi connectivity index (χ0n) is 7.19. The number of rotatable bonds is 2. The summed E-state index contributed by atoms with van der Waals surface area (Å²) < 4.78 is 3.95. The van der Waals surface area contributed by atoms with Crippen molar-refractivity contribution in [1.82, 2.24) is 4.37 Å². The van der Waals surface area contributed by atoms with E-state index in [1.54, 1.807) is 0 Å². The van der Waals surface area contributed by atoms with Crippen LogP contribution in [0.5, 0.6) is 0 Å². The van der Waals surface area contributed by atoms with E-state index in [-0.39, 0.29) is 0 Å². The Morgan fingerprint density at radius 3 is 2.85 bits per heavy atom. The minimum Gasteiger partial charge on any atom is -0.478 e. The minimum absolute atomic E-state index is 0.414. The molecule has 1 saturated carbocycles. The normalized spacial score (nSPS) is 17.8. The van der Waals surface area contributed by atoms with Crippen LogP contribution in [0.3, 0.4) is 0 Å². The van der Waals surface area contributed by atoms with E-state index in [9.17, 15) is 4.79 Å². The lowest BCUT2D eigenvalue weighted by molar-refractivity contribution is 0.0695. The summed E-state index contributed by atoms with van der Waals surface area (Å²) in [5.41, 5.74) is 0.414. The molecule has 0 saturated heterocycles. The number of aromatic carboxylic acids is 1. The molecule has 3 nitrogen and oxygen atoms in total. The zero-order chi connectivity index (χ0) is 9.26. The first-order valence-corrected chi connectivity index (χ1v) is 5.24. The van der Waals surface area contributed by atoms with Crippen LogP contribution in [0, 0.1) is 0 Å². The Hall–Kier alpha value is -0.900. The highest BCUT2D eigenvalue weighted by atomic mass is 32.1. The number of hydrogen-bond donors (Lipinski definition) is 1. The van der Waals surface area contributed by atoms with Crippen molar-refractivity contribution in [3.05, 3.63) is 16.6 Å². The van der Waals surface area contributed by atoms with Crippen molar-refractivity contribution >= 4 is 17.5 Å². The predicted molar refractivity (Wildman–Crippen MR) is 50.3 cm³/mol. The Morgan fingerprint density at radius 2 is 2.23 bits per heavy atom. The number of carboxylic acids is 1. The van der Waals surface area contributed by atoms with Crippen LogP contribution < -0.4 is 0 Å². The Kier molecular flexibility index (Phi) is 2.31. The van der Waals surface area contributed by atoms with E-state index in [1.165, 1.54) is 30.6 Å². The van der Waals surface area contributed by atoms with Crippen LogP contribution in [0.1, 0.15) is 46.8 Å². The molecule has 0 aliphatic heterocycles. The Labute approximate surface area is 80.6 Å². The highest BCUT2D eigenvalue weighted by molar-refractivity contribution is 7.06. The number of carboxylic acid groups (broad SMARTS) is 1. The van der Waals surface area contributed by atoms with Crippen molar-refractivity contribution in [2.75, 3.05) is 0 Å². The summed E-state index contributed by atoms with van der Waals surface area (Å²) in [6, 6.07) is 0. The van der Waals surface area contributed by atoms with Crippen molar-refractivity contribution in [2.24, 2.45) is 0 Å².